The third-order valence-corrected chi connectivity index (χ3v) is 5.99. The molecular formula is C29H30FNO5. The van der Waals surface area contributed by atoms with E-state index in [0.717, 1.165) is 33.2 Å². The molecule has 4 aromatic rings. The summed E-state index contributed by atoms with van der Waals surface area (Å²) in [6, 6.07) is 18.5. The Hall–Kier alpha value is -3.68. The molecule has 7 heteroatoms. The molecular weight excluding hydrogens is 461 g/mol. The quantitative estimate of drug-likeness (QED) is 0.282. The van der Waals surface area contributed by atoms with Crippen molar-refractivity contribution in [3.63, 3.8) is 0 Å². The zero-order chi connectivity index (χ0) is 25.7. The number of furan rings is 1. The summed E-state index contributed by atoms with van der Waals surface area (Å²) >= 11 is 0. The molecule has 36 heavy (non-hydrogen) atoms. The molecule has 0 aliphatic carbocycles. The number of nitrogens with two attached hydrogens (primary N) is 1. The van der Waals surface area contributed by atoms with Crippen molar-refractivity contribution in [3.05, 3.63) is 88.7 Å². The second-order valence-corrected chi connectivity index (χ2v) is 8.75. The minimum Gasteiger partial charge on any atom is -0.489 e. The van der Waals surface area contributed by atoms with Gasteiger partial charge in [0.2, 0.25) is 0 Å². The molecule has 0 spiro atoms. The van der Waals surface area contributed by atoms with Gasteiger partial charge in [-0.2, -0.15) is 0 Å². The average Bonchev–Trinajstić information content (AvgIpc) is 3.30. The zero-order valence-electron chi connectivity index (χ0n) is 20.7. The Morgan fingerprint density at radius 1 is 1.06 bits per heavy atom. The Morgan fingerprint density at radius 3 is 2.64 bits per heavy atom. The molecule has 0 saturated carbocycles. The molecule has 1 aromatic heterocycles. The first-order chi connectivity index (χ1) is 17.4. The van der Waals surface area contributed by atoms with Crippen LogP contribution in [0.15, 0.2) is 65.1 Å². The molecule has 188 valence electrons. The summed E-state index contributed by atoms with van der Waals surface area (Å²) in [5, 5.41) is 0.900. The van der Waals surface area contributed by atoms with Crippen molar-refractivity contribution >= 4 is 16.9 Å². The summed E-state index contributed by atoms with van der Waals surface area (Å²) in [6.07, 6.45) is 0.125. The van der Waals surface area contributed by atoms with Crippen LogP contribution in [0.4, 0.5) is 4.39 Å². The summed E-state index contributed by atoms with van der Waals surface area (Å²) < 4.78 is 35.6. The molecule has 1 unspecified atom stereocenters. The van der Waals surface area contributed by atoms with Gasteiger partial charge in [0.15, 0.2) is 0 Å². The van der Waals surface area contributed by atoms with Crippen molar-refractivity contribution in [2.75, 3.05) is 20.9 Å². The smallest absolute Gasteiger partial charge is 0.310 e. The largest absolute Gasteiger partial charge is 0.489 e. The SMILES string of the molecule is COCc1cc2cc(COc3cc(C)ccc3CC(=O)OC)cc(-c3cccc(C(N)CF)c3)c2o1. The van der Waals surface area contributed by atoms with Gasteiger partial charge in [-0.25, -0.2) is 4.39 Å². The fourth-order valence-corrected chi connectivity index (χ4v) is 4.14. The second-order valence-electron chi connectivity index (χ2n) is 8.75. The number of benzene rings is 3. The van der Waals surface area contributed by atoms with Crippen LogP contribution in [0.3, 0.4) is 0 Å². The van der Waals surface area contributed by atoms with E-state index in [0.29, 0.717) is 29.3 Å². The van der Waals surface area contributed by atoms with Crippen LogP contribution < -0.4 is 10.5 Å². The minimum absolute atomic E-state index is 0.125. The number of ether oxygens (including phenoxy) is 3. The first-order valence-corrected chi connectivity index (χ1v) is 11.7. The highest BCUT2D eigenvalue weighted by Gasteiger charge is 2.16. The lowest BCUT2D eigenvalue weighted by Crippen LogP contribution is -2.11. The van der Waals surface area contributed by atoms with Crippen LogP contribution in [0.2, 0.25) is 0 Å². The van der Waals surface area contributed by atoms with Crippen LogP contribution in [0, 0.1) is 6.92 Å². The predicted molar refractivity (Wildman–Crippen MR) is 136 cm³/mol. The number of hydrogen-bond acceptors (Lipinski definition) is 6. The summed E-state index contributed by atoms with van der Waals surface area (Å²) in [4.78, 5) is 11.9. The van der Waals surface area contributed by atoms with E-state index in [2.05, 4.69) is 0 Å². The third kappa shape index (κ3) is 5.75. The first kappa shape index (κ1) is 25.4. The fourth-order valence-electron chi connectivity index (χ4n) is 4.14. The lowest BCUT2D eigenvalue weighted by molar-refractivity contribution is -0.139. The van der Waals surface area contributed by atoms with Gasteiger partial charge in [-0.3, -0.25) is 4.79 Å². The molecule has 6 nitrogen and oxygen atoms in total. The van der Waals surface area contributed by atoms with E-state index in [1.807, 2.05) is 67.6 Å². The number of esters is 1. The maximum absolute atomic E-state index is 13.2. The molecule has 1 heterocycles. The molecule has 0 fully saturated rings. The molecule has 0 bridgehead atoms. The number of fused-ring (bicyclic) bond motifs is 1. The van der Waals surface area contributed by atoms with E-state index in [9.17, 15) is 9.18 Å². The van der Waals surface area contributed by atoms with Crippen molar-refractivity contribution in [3.8, 4) is 16.9 Å². The van der Waals surface area contributed by atoms with Crippen molar-refractivity contribution < 1.29 is 27.8 Å². The Labute approximate surface area is 209 Å². The van der Waals surface area contributed by atoms with Crippen LogP contribution >= 0.6 is 0 Å². The van der Waals surface area contributed by atoms with Gasteiger partial charge in [-0.05, 0) is 59.5 Å². The van der Waals surface area contributed by atoms with Crippen molar-refractivity contribution in [1.29, 1.82) is 0 Å². The molecule has 0 aliphatic rings. The summed E-state index contributed by atoms with van der Waals surface area (Å²) in [6.45, 7) is 1.94. The van der Waals surface area contributed by atoms with Gasteiger partial charge in [0, 0.05) is 23.6 Å². The molecule has 0 amide bonds. The lowest BCUT2D eigenvalue weighted by atomic mass is 9.97. The van der Waals surface area contributed by atoms with Crippen molar-refractivity contribution in [2.45, 2.75) is 32.6 Å². The number of hydrogen-bond donors (Lipinski definition) is 1. The molecule has 0 aliphatic heterocycles. The van der Waals surface area contributed by atoms with Crippen molar-refractivity contribution in [1.82, 2.24) is 0 Å². The van der Waals surface area contributed by atoms with E-state index in [1.54, 1.807) is 7.11 Å². The first-order valence-electron chi connectivity index (χ1n) is 11.7. The van der Waals surface area contributed by atoms with Gasteiger partial charge in [0.05, 0.1) is 19.6 Å². The highest BCUT2D eigenvalue weighted by Crippen LogP contribution is 2.34. The maximum Gasteiger partial charge on any atom is 0.310 e. The number of halogens is 1. The number of carbonyl (C=O) groups is 1. The molecule has 0 saturated heterocycles. The van der Waals surface area contributed by atoms with Gasteiger partial charge in [-0.1, -0.05) is 30.3 Å². The molecule has 0 radical (unpaired) electrons. The van der Waals surface area contributed by atoms with Crippen LogP contribution in [0.25, 0.3) is 22.1 Å². The van der Waals surface area contributed by atoms with Crippen LogP contribution in [-0.2, 0) is 33.9 Å². The second kappa shape index (κ2) is 11.4. The fraction of sp³-hybridized carbons (Fsp3) is 0.276. The van der Waals surface area contributed by atoms with Gasteiger partial charge < -0.3 is 24.4 Å². The molecule has 3 aromatic carbocycles. The normalized spacial score (nSPS) is 12.0. The van der Waals surface area contributed by atoms with Gasteiger partial charge in [0.25, 0.3) is 0 Å². The summed E-state index contributed by atoms with van der Waals surface area (Å²) in [5.74, 6) is 0.996. The summed E-state index contributed by atoms with van der Waals surface area (Å²) in [7, 11) is 2.98. The number of aryl methyl sites for hydroxylation is 1. The van der Waals surface area contributed by atoms with Gasteiger partial charge >= 0.3 is 5.97 Å². The Balaban J connectivity index is 1.72. The highest BCUT2D eigenvalue weighted by atomic mass is 19.1. The molecule has 2 N–H and O–H groups in total. The van der Waals surface area contributed by atoms with Crippen LogP contribution in [-0.4, -0.2) is 26.9 Å². The maximum atomic E-state index is 13.2. The number of rotatable bonds is 10. The van der Waals surface area contributed by atoms with E-state index in [4.69, 9.17) is 24.4 Å². The zero-order valence-corrected chi connectivity index (χ0v) is 20.7. The predicted octanol–water partition coefficient (Wildman–Crippen LogP) is 5.82. The number of methoxy groups -OCH3 is 2. The average molecular weight is 492 g/mol. The Bertz CT molecular complexity index is 1360. The topological polar surface area (TPSA) is 83.9 Å². The lowest BCUT2D eigenvalue weighted by Gasteiger charge is -2.14. The third-order valence-electron chi connectivity index (χ3n) is 5.99. The molecule has 4 rings (SSSR count). The Kier molecular flexibility index (Phi) is 8.03. The van der Waals surface area contributed by atoms with Crippen LogP contribution in [0.5, 0.6) is 5.75 Å². The highest BCUT2D eigenvalue weighted by molar-refractivity contribution is 5.93. The standard InChI is InChI=1S/C29H30FNO5/c1-18-7-8-22(14-28(32)34-3)27(9-18)35-16-19-10-23-13-24(17-33-2)36-29(23)25(11-19)20-5-4-6-21(12-20)26(31)15-30/h4-13,26H,14-17,31H2,1-3H3. The number of carbonyl (C=O) groups excluding carboxylic acids is 1. The van der Waals surface area contributed by atoms with E-state index >= 15 is 0 Å². The molecule has 1 atom stereocenters. The van der Waals surface area contributed by atoms with Crippen LogP contribution in [0.1, 0.15) is 34.1 Å². The summed E-state index contributed by atoms with van der Waals surface area (Å²) in [5.41, 5.74) is 11.8. The van der Waals surface area contributed by atoms with Gasteiger partial charge in [-0.15, -0.1) is 0 Å². The van der Waals surface area contributed by atoms with Gasteiger partial charge in [0.1, 0.15) is 37.0 Å². The van der Waals surface area contributed by atoms with E-state index in [-0.39, 0.29) is 19.0 Å². The van der Waals surface area contributed by atoms with E-state index < -0.39 is 12.7 Å². The van der Waals surface area contributed by atoms with E-state index in [1.165, 1.54) is 7.11 Å². The monoisotopic (exact) mass is 491 g/mol. The number of alkyl halides is 1. The minimum atomic E-state index is -0.692. The van der Waals surface area contributed by atoms with Crippen molar-refractivity contribution in [2.24, 2.45) is 5.73 Å². The Morgan fingerprint density at radius 2 is 1.89 bits per heavy atom.